The number of halogens is 3. The number of aromatic nitrogens is 4. The van der Waals surface area contributed by atoms with Crippen LogP contribution in [0.5, 0.6) is 5.75 Å². The van der Waals surface area contributed by atoms with E-state index in [2.05, 4.69) is 25.1 Å². The number of carbonyl (C=O) groups is 1. The van der Waals surface area contributed by atoms with Crippen LogP contribution in [-0.2, 0) is 0 Å². The first-order chi connectivity index (χ1) is 13.9. The lowest BCUT2D eigenvalue weighted by Gasteiger charge is -2.16. The Morgan fingerprint density at radius 3 is 2.83 bits per heavy atom. The van der Waals surface area contributed by atoms with Crippen LogP contribution in [0.2, 0.25) is 0 Å². The predicted molar refractivity (Wildman–Crippen MR) is 96.0 cm³/mol. The van der Waals surface area contributed by atoms with Gasteiger partial charge < -0.3 is 9.64 Å². The number of rotatable bonds is 4. The van der Waals surface area contributed by atoms with Gasteiger partial charge >= 0.3 is 6.36 Å². The second kappa shape index (κ2) is 7.53. The van der Waals surface area contributed by atoms with Crippen molar-refractivity contribution in [2.45, 2.75) is 18.7 Å². The summed E-state index contributed by atoms with van der Waals surface area (Å²) in [6.07, 6.45) is -1.01. The first kappa shape index (κ1) is 18.9. The molecule has 10 heteroatoms. The summed E-state index contributed by atoms with van der Waals surface area (Å²) in [6, 6.07) is 9.27. The fraction of sp³-hybridized carbons (Fsp3) is 0.263. The zero-order valence-corrected chi connectivity index (χ0v) is 15.1. The topological polar surface area (TPSA) is 84.0 Å². The number of H-pyrrole nitrogens is 1. The third-order valence-electron chi connectivity index (χ3n) is 4.73. The Bertz CT molecular complexity index is 1010. The van der Waals surface area contributed by atoms with Gasteiger partial charge in [-0.25, -0.2) is 0 Å². The Labute approximate surface area is 163 Å². The van der Waals surface area contributed by atoms with Crippen molar-refractivity contribution in [1.82, 2.24) is 25.3 Å². The number of benzene rings is 1. The van der Waals surface area contributed by atoms with Crippen LogP contribution in [0.25, 0.3) is 11.3 Å². The molecular formula is C19H16F3N5O2. The molecule has 0 bridgehead atoms. The van der Waals surface area contributed by atoms with Crippen LogP contribution < -0.4 is 4.74 Å². The van der Waals surface area contributed by atoms with Gasteiger partial charge in [0.25, 0.3) is 5.91 Å². The second-order valence-corrected chi connectivity index (χ2v) is 6.66. The van der Waals surface area contributed by atoms with E-state index in [1.807, 2.05) is 0 Å². The van der Waals surface area contributed by atoms with Gasteiger partial charge in [0.1, 0.15) is 11.4 Å². The van der Waals surface area contributed by atoms with Crippen molar-refractivity contribution in [3.05, 3.63) is 60.0 Å². The van der Waals surface area contributed by atoms with E-state index in [0.29, 0.717) is 36.5 Å². The highest BCUT2D eigenvalue weighted by Crippen LogP contribution is 2.32. The molecule has 29 heavy (non-hydrogen) atoms. The largest absolute Gasteiger partial charge is 0.573 e. The van der Waals surface area contributed by atoms with Gasteiger partial charge in [-0.05, 0) is 36.2 Å². The molecule has 3 heterocycles. The monoisotopic (exact) mass is 403 g/mol. The molecule has 1 saturated heterocycles. The van der Waals surface area contributed by atoms with E-state index in [-0.39, 0.29) is 17.6 Å². The summed E-state index contributed by atoms with van der Waals surface area (Å²) in [7, 11) is 0. The van der Waals surface area contributed by atoms with E-state index >= 15 is 0 Å². The molecule has 0 aliphatic carbocycles. The lowest BCUT2D eigenvalue weighted by Crippen LogP contribution is -2.28. The average Bonchev–Trinajstić information content (AvgIpc) is 3.37. The minimum Gasteiger partial charge on any atom is -0.406 e. The van der Waals surface area contributed by atoms with Crippen molar-refractivity contribution in [3.8, 4) is 17.0 Å². The highest BCUT2D eigenvalue weighted by molar-refractivity contribution is 5.93. The number of nitrogens with one attached hydrogen (secondary N) is 1. The van der Waals surface area contributed by atoms with Gasteiger partial charge in [-0.15, -0.1) is 13.2 Å². The number of hydrogen-bond acceptors (Lipinski definition) is 5. The summed E-state index contributed by atoms with van der Waals surface area (Å²) in [5, 5.41) is 14.4. The molecule has 0 radical (unpaired) electrons. The maximum atomic E-state index is 12.8. The van der Waals surface area contributed by atoms with E-state index in [9.17, 15) is 18.0 Å². The first-order valence-electron chi connectivity index (χ1n) is 8.86. The van der Waals surface area contributed by atoms with Crippen molar-refractivity contribution < 1.29 is 22.7 Å². The van der Waals surface area contributed by atoms with E-state index in [0.717, 1.165) is 5.56 Å². The molecule has 1 aliphatic rings. The van der Waals surface area contributed by atoms with Crippen LogP contribution in [-0.4, -0.2) is 50.7 Å². The number of likely N-dealkylation sites (tertiary alicyclic amines) is 1. The minimum absolute atomic E-state index is 0.0671. The molecular weight excluding hydrogens is 387 g/mol. The van der Waals surface area contributed by atoms with E-state index in [1.54, 1.807) is 29.3 Å². The number of alkyl halides is 3. The molecule has 150 valence electrons. The molecule has 3 aromatic rings. The van der Waals surface area contributed by atoms with Gasteiger partial charge in [-0.1, -0.05) is 12.1 Å². The van der Waals surface area contributed by atoms with E-state index < -0.39 is 6.36 Å². The summed E-state index contributed by atoms with van der Waals surface area (Å²) >= 11 is 0. The predicted octanol–water partition coefficient (Wildman–Crippen LogP) is 3.40. The lowest BCUT2D eigenvalue weighted by molar-refractivity contribution is -0.274. The maximum absolute atomic E-state index is 12.8. The van der Waals surface area contributed by atoms with Gasteiger partial charge in [0.05, 0.1) is 18.1 Å². The van der Waals surface area contributed by atoms with Crippen LogP contribution in [0.1, 0.15) is 28.4 Å². The van der Waals surface area contributed by atoms with E-state index in [4.69, 9.17) is 0 Å². The molecule has 0 saturated carbocycles. The maximum Gasteiger partial charge on any atom is 0.573 e. The summed E-state index contributed by atoms with van der Waals surface area (Å²) in [4.78, 5) is 14.4. The highest BCUT2D eigenvalue weighted by atomic mass is 19.4. The number of ether oxygens (including phenoxy) is 1. The molecule has 1 atom stereocenters. The lowest BCUT2D eigenvalue weighted by atomic mass is 9.98. The number of carbonyl (C=O) groups excluding carboxylic acids is 1. The van der Waals surface area contributed by atoms with Crippen LogP contribution in [0, 0.1) is 0 Å². The molecule has 1 amide bonds. The normalized spacial score (nSPS) is 16.8. The van der Waals surface area contributed by atoms with Gasteiger partial charge in [0.2, 0.25) is 0 Å². The Hall–Kier alpha value is -3.43. The van der Waals surface area contributed by atoms with Crippen LogP contribution >= 0.6 is 0 Å². The van der Waals surface area contributed by atoms with Crippen LogP contribution in [0.4, 0.5) is 13.2 Å². The Morgan fingerprint density at radius 2 is 2.07 bits per heavy atom. The quantitative estimate of drug-likeness (QED) is 0.722. The van der Waals surface area contributed by atoms with Crippen LogP contribution in [0.3, 0.4) is 0 Å². The number of nitrogens with zero attached hydrogens (tertiary/aromatic N) is 4. The molecule has 4 rings (SSSR count). The zero-order chi connectivity index (χ0) is 20.4. The van der Waals surface area contributed by atoms with Crippen molar-refractivity contribution in [2.75, 3.05) is 13.1 Å². The standard InChI is InChI=1S/C19H16F3N5O2/c20-19(21,22)29-15-3-1-2-12(8-15)14-5-7-27(11-14)18(28)17-9-16(25-26-17)13-4-6-23-24-10-13/h1-4,6,8-10,14H,5,7,11H2,(H,25,26). The number of aromatic amines is 1. The summed E-state index contributed by atoms with van der Waals surface area (Å²) < 4.78 is 41.3. The summed E-state index contributed by atoms with van der Waals surface area (Å²) in [5.41, 5.74) is 2.36. The third-order valence-corrected chi connectivity index (χ3v) is 4.73. The SMILES string of the molecule is O=C(c1cc(-c2ccnnc2)n[nH]1)N1CCC(c2cccc(OC(F)(F)F)c2)C1. The Morgan fingerprint density at radius 1 is 1.21 bits per heavy atom. The van der Waals surface area contributed by atoms with Crippen molar-refractivity contribution in [3.63, 3.8) is 0 Å². The smallest absolute Gasteiger partial charge is 0.406 e. The van der Waals surface area contributed by atoms with Gasteiger partial charge in [-0.3, -0.25) is 9.89 Å². The molecule has 1 aliphatic heterocycles. The third kappa shape index (κ3) is 4.36. The molecule has 1 N–H and O–H groups in total. The van der Waals surface area contributed by atoms with E-state index in [1.165, 1.54) is 24.4 Å². The second-order valence-electron chi connectivity index (χ2n) is 6.66. The number of amides is 1. The molecule has 2 aromatic heterocycles. The summed E-state index contributed by atoms with van der Waals surface area (Å²) in [5.74, 6) is -0.539. The molecule has 0 spiro atoms. The fourth-order valence-electron chi connectivity index (χ4n) is 3.37. The minimum atomic E-state index is -4.74. The van der Waals surface area contributed by atoms with Gasteiger partial charge in [-0.2, -0.15) is 15.3 Å². The van der Waals surface area contributed by atoms with Gasteiger partial charge in [0.15, 0.2) is 0 Å². The first-order valence-corrected chi connectivity index (χ1v) is 8.86. The van der Waals surface area contributed by atoms with Crippen LogP contribution in [0.15, 0.2) is 48.8 Å². The Balaban J connectivity index is 1.44. The average molecular weight is 403 g/mol. The number of hydrogen-bond donors (Lipinski definition) is 1. The zero-order valence-electron chi connectivity index (χ0n) is 15.1. The molecule has 1 aromatic carbocycles. The van der Waals surface area contributed by atoms with Gasteiger partial charge in [0, 0.05) is 24.6 Å². The molecule has 7 nitrogen and oxygen atoms in total. The Kier molecular flexibility index (Phi) is 4.91. The molecule has 1 unspecified atom stereocenters. The van der Waals surface area contributed by atoms with Crippen molar-refractivity contribution in [1.29, 1.82) is 0 Å². The van der Waals surface area contributed by atoms with Crippen molar-refractivity contribution >= 4 is 5.91 Å². The fourth-order valence-corrected chi connectivity index (χ4v) is 3.37. The highest BCUT2D eigenvalue weighted by Gasteiger charge is 2.32. The molecule has 1 fully saturated rings. The summed E-state index contributed by atoms with van der Waals surface area (Å²) in [6.45, 7) is 0.901. The van der Waals surface area contributed by atoms with Crippen molar-refractivity contribution in [2.24, 2.45) is 0 Å².